The molecule has 72 valence electrons. The van der Waals surface area contributed by atoms with Crippen molar-refractivity contribution in [2.45, 2.75) is 24.5 Å². The minimum absolute atomic E-state index is 0.271. The second-order valence-electron chi connectivity index (χ2n) is 3.30. The zero-order valence-electron chi connectivity index (χ0n) is 6.93. The number of primary sulfonamides is 1. The Kier molecular flexibility index (Phi) is 1.88. The monoisotopic (exact) mass is 202 g/mol. The third-order valence-electron chi connectivity index (χ3n) is 1.92. The van der Waals surface area contributed by atoms with Crippen LogP contribution in [0.3, 0.4) is 0 Å². The molecule has 0 aliphatic heterocycles. The van der Waals surface area contributed by atoms with E-state index in [9.17, 15) is 8.42 Å². The average molecular weight is 202 g/mol. The zero-order chi connectivity index (χ0) is 9.47. The lowest BCUT2D eigenvalue weighted by atomic mass is 10.3. The van der Waals surface area contributed by atoms with E-state index in [4.69, 9.17) is 9.66 Å². The Morgan fingerprint density at radius 1 is 1.62 bits per heavy atom. The number of nitrogens with two attached hydrogens (primary N) is 1. The maximum Gasteiger partial charge on any atom is 0.216 e. The van der Waals surface area contributed by atoms with Crippen molar-refractivity contribution in [2.24, 2.45) is 5.14 Å². The second kappa shape index (κ2) is 2.81. The van der Waals surface area contributed by atoms with Crippen molar-refractivity contribution in [3.63, 3.8) is 0 Å². The Morgan fingerprint density at radius 3 is 2.85 bits per heavy atom. The highest BCUT2D eigenvalue weighted by atomic mass is 32.2. The van der Waals surface area contributed by atoms with Crippen LogP contribution in [0.4, 0.5) is 0 Å². The van der Waals surface area contributed by atoms with E-state index in [1.807, 2.05) is 0 Å². The first kappa shape index (κ1) is 8.71. The fraction of sp³-hybridized carbons (Fsp3) is 0.571. The Labute approximate surface area is 76.0 Å². The van der Waals surface area contributed by atoms with Crippen LogP contribution in [0.25, 0.3) is 0 Å². The maximum absolute atomic E-state index is 10.7. The third-order valence-corrected chi connectivity index (χ3v) is 2.60. The molecule has 0 saturated heterocycles. The van der Waals surface area contributed by atoms with Gasteiger partial charge in [-0.2, -0.15) is 0 Å². The molecule has 5 nitrogen and oxygen atoms in total. The lowest BCUT2D eigenvalue weighted by Gasteiger charge is -1.89. The second-order valence-corrected chi connectivity index (χ2v) is 4.91. The molecule has 13 heavy (non-hydrogen) atoms. The molecule has 0 spiro atoms. The molecule has 1 aliphatic rings. The van der Waals surface area contributed by atoms with Gasteiger partial charge >= 0.3 is 0 Å². The highest BCUT2D eigenvalue weighted by molar-refractivity contribution is 7.88. The van der Waals surface area contributed by atoms with Gasteiger partial charge in [0.1, 0.15) is 5.75 Å². The van der Waals surface area contributed by atoms with Crippen LogP contribution < -0.4 is 5.14 Å². The van der Waals surface area contributed by atoms with Crippen LogP contribution in [0.1, 0.15) is 30.2 Å². The Hall–Kier alpha value is -0.880. The molecule has 1 aromatic heterocycles. The van der Waals surface area contributed by atoms with E-state index in [0.29, 0.717) is 11.7 Å². The normalized spacial score (nSPS) is 17.6. The van der Waals surface area contributed by atoms with Gasteiger partial charge in [-0.15, -0.1) is 0 Å². The van der Waals surface area contributed by atoms with Crippen molar-refractivity contribution in [3.05, 3.63) is 17.5 Å². The van der Waals surface area contributed by atoms with Crippen molar-refractivity contribution in [1.29, 1.82) is 0 Å². The van der Waals surface area contributed by atoms with Gasteiger partial charge in [-0.3, -0.25) is 0 Å². The topological polar surface area (TPSA) is 86.2 Å². The summed E-state index contributed by atoms with van der Waals surface area (Å²) in [5.41, 5.74) is 0.846. The molecule has 0 bridgehead atoms. The van der Waals surface area contributed by atoms with Crippen molar-refractivity contribution in [2.75, 3.05) is 0 Å². The van der Waals surface area contributed by atoms with Crippen molar-refractivity contribution < 1.29 is 12.9 Å². The molecule has 1 heterocycles. The number of hydrogen-bond donors (Lipinski definition) is 1. The van der Waals surface area contributed by atoms with Crippen LogP contribution in [0.15, 0.2) is 10.6 Å². The van der Waals surface area contributed by atoms with E-state index in [0.717, 1.165) is 18.5 Å². The molecule has 0 radical (unpaired) electrons. The zero-order valence-corrected chi connectivity index (χ0v) is 7.75. The van der Waals surface area contributed by atoms with Crippen molar-refractivity contribution >= 4 is 10.0 Å². The number of aromatic nitrogens is 1. The standard InChI is InChI=1S/C7H10N2O3S/c8-13(10,11)4-6-3-7(9-12-6)5-1-2-5/h3,5H,1-2,4H2,(H2,8,10,11). The van der Waals surface area contributed by atoms with E-state index in [2.05, 4.69) is 5.16 Å². The summed E-state index contributed by atoms with van der Waals surface area (Å²) in [6.07, 6.45) is 2.22. The minimum Gasteiger partial charge on any atom is -0.360 e. The van der Waals surface area contributed by atoms with Gasteiger partial charge in [0.05, 0.1) is 5.69 Å². The van der Waals surface area contributed by atoms with E-state index in [-0.39, 0.29) is 5.75 Å². The van der Waals surface area contributed by atoms with Gasteiger partial charge in [0.15, 0.2) is 5.76 Å². The van der Waals surface area contributed by atoms with Crippen LogP contribution in [-0.2, 0) is 15.8 Å². The molecule has 1 aliphatic carbocycles. The summed E-state index contributed by atoms with van der Waals surface area (Å²) >= 11 is 0. The lowest BCUT2D eigenvalue weighted by Crippen LogP contribution is -2.13. The SMILES string of the molecule is NS(=O)(=O)Cc1cc(C2CC2)no1. The van der Waals surface area contributed by atoms with E-state index < -0.39 is 10.0 Å². The van der Waals surface area contributed by atoms with Gasteiger partial charge in [0, 0.05) is 12.0 Å². The molecule has 2 N–H and O–H groups in total. The van der Waals surface area contributed by atoms with Crippen LogP contribution in [0.2, 0.25) is 0 Å². The quantitative estimate of drug-likeness (QED) is 0.765. The van der Waals surface area contributed by atoms with Crippen molar-refractivity contribution in [1.82, 2.24) is 5.16 Å². The summed E-state index contributed by atoms with van der Waals surface area (Å²) in [7, 11) is -3.50. The van der Waals surface area contributed by atoms with Crippen molar-refractivity contribution in [3.8, 4) is 0 Å². The highest BCUT2D eigenvalue weighted by Gasteiger charge is 2.27. The molecule has 1 aromatic rings. The predicted octanol–water partition coefficient (Wildman–Crippen LogP) is 0.341. The van der Waals surface area contributed by atoms with Crippen LogP contribution in [-0.4, -0.2) is 13.6 Å². The fourth-order valence-corrected chi connectivity index (χ4v) is 1.70. The Balaban J connectivity index is 2.13. The molecule has 2 rings (SSSR count). The summed E-state index contributed by atoms with van der Waals surface area (Å²) in [6, 6.07) is 1.67. The molecular weight excluding hydrogens is 192 g/mol. The van der Waals surface area contributed by atoms with Gasteiger partial charge in [-0.25, -0.2) is 13.6 Å². The van der Waals surface area contributed by atoms with Gasteiger partial charge in [-0.1, -0.05) is 5.16 Å². The predicted molar refractivity (Wildman–Crippen MR) is 45.3 cm³/mol. The molecule has 0 aromatic carbocycles. The summed E-state index contributed by atoms with van der Waals surface area (Å²) < 4.78 is 26.2. The smallest absolute Gasteiger partial charge is 0.216 e. The fourth-order valence-electron chi connectivity index (χ4n) is 1.17. The van der Waals surface area contributed by atoms with Gasteiger partial charge in [0.25, 0.3) is 0 Å². The first-order valence-electron chi connectivity index (χ1n) is 4.00. The minimum atomic E-state index is -3.50. The first-order chi connectivity index (χ1) is 6.04. The maximum atomic E-state index is 10.7. The lowest BCUT2D eigenvalue weighted by molar-refractivity contribution is 0.386. The van der Waals surface area contributed by atoms with E-state index in [1.165, 1.54) is 0 Å². The third kappa shape index (κ3) is 2.28. The Bertz CT molecular complexity index is 405. The molecule has 0 atom stereocenters. The first-order valence-corrected chi connectivity index (χ1v) is 5.72. The van der Waals surface area contributed by atoms with E-state index in [1.54, 1.807) is 6.07 Å². The number of rotatable bonds is 3. The number of nitrogens with zero attached hydrogens (tertiary/aromatic N) is 1. The largest absolute Gasteiger partial charge is 0.360 e. The summed E-state index contributed by atoms with van der Waals surface area (Å²) in [5.74, 6) is 0.523. The molecule has 1 saturated carbocycles. The summed E-state index contributed by atoms with van der Waals surface area (Å²) in [6.45, 7) is 0. The molecule has 6 heteroatoms. The molecule has 0 amide bonds. The van der Waals surface area contributed by atoms with E-state index >= 15 is 0 Å². The highest BCUT2D eigenvalue weighted by Crippen LogP contribution is 2.39. The van der Waals surface area contributed by atoms with Crippen LogP contribution >= 0.6 is 0 Å². The van der Waals surface area contributed by atoms with Gasteiger partial charge < -0.3 is 4.52 Å². The molecular formula is C7H10N2O3S. The van der Waals surface area contributed by atoms with Crippen LogP contribution in [0.5, 0.6) is 0 Å². The molecule has 0 unspecified atom stereocenters. The number of sulfonamides is 1. The van der Waals surface area contributed by atoms with Gasteiger partial charge in [0.2, 0.25) is 10.0 Å². The average Bonchev–Trinajstić information content (AvgIpc) is 2.72. The number of hydrogen-bond acceptors (Lipinski definition) is 4. The summed E-state index contributed by atoms with van der Waals surface area (Å²) in [5, 5.41) is 8.62. The van der Waals surface area contributed by atoms with Gasteiger partial charge in [-0.05, 0) is 12.8 Å². The molecule has 1 fully saturated rings. The van der Waals surface area contributed by atoms with Crippen LogP contribution in [0, 0.1) is 0 Å². The summed E-state index contributed by atoms with van der Waals surface area (Å²) in [4.78, 5) is 0. The Morgan fingerprint density at radius 2 is 2.31 bits per heavy atom.